The van der Waals surface area contributed by atoms with Gasteiger partial charge >= 0.3 is 0 Å². The lowest BCUT2D eigenvalue weighted by Gasteiger charge is -2.21. The van der Waals surface area contributed by atoms with Crippen molar-refractivity contribution >= 4 is 11.5 Å². The molecule has 0 radical (unpaired) electrons. The van der Waals surface area contributed by atoms with Crippen LogP contribution in [0.1, 0.15) is 54.6 Å². The highest BCUT2D eigenvalue weighted by molar-refractivity contribution is 5.68. The third-order valence-corrected chi connectivity index (χ3v) is 4.49. The van der Waals surface area contributed by atoms with Gasteiger partial charge in [-0.3, -0.25) is 0 Å². The van der Waals surface area contributed by atoms with E-state index in [9.17, 15) is 5.11 Å². The van der Waals surface area contributed by atoms with Crippen LogP contribution in [-0.4, -0.2) is 16.2 Å². The second-order valence-corrected chi connectivity index (χ2v) is 6.70. The molecule has 0 aliphatic carbocycles. The Labute approximate surface area is 151 Å². The Hall–Kier alpha value is -2.07. The summed E-state index contributed by atoms with van der Waals surface area (Å²) in [6.07, 6.45) is 2.01. The van der Waals surface area contributed by atoms with E-state index in [0.717, 1.165) is 35.3 Å². The van der Waals surface area contributed by atoms with Gasteiger partial charge in [0.2, 0.25) is 0 Å². The van der Waals surface area contributed by atoms with E-state index in [0.29, 0.717) is 17.1 Å². The number of rotatable bonds is 7. The third kappa shape index (κ3) is 4.51. The maximum absolute atomic E-state index is 9.95. The van der Waals surface area contributed by atoms with Crippen LogP contribution in [0.25, 0.3) is 0 Å². The summed E-state index contributed by atoms with van der Waals surface area (Å²) in [7, 11) is 0. The average Bonchev–Trinajstić information content (AvgIpc) is 2.55. The summed E-state index contributed by atoms with van der Waals surface area (Å²) in [5.41, 5.74) is 6.16. The maximum Gasteiger partial charge on any atom is 0.139 e. The summed E-state index contributed by atoms with van der Waals surface area (Å²) >= 11 is 0. The first-order valence-electron chi connectivity index (χ1n) is 9.02. The SMILES string of the molecule is CCC(CC)Oc1cc(C)nc(Nc2c(C)cc(C)cc2C)c1CO. The smallest absolute Gasteiger partial charge is 0.139 e. The quantitative estimate of drug-likeness (QED) is 0.733. The number of nitrogens with one attached hydrogen (secondary N) is 1. The van der Waals surface area contributed by atoms with Crippen molar-refractivity contribution in [2.45, 2.75) is 67.1 Å². The van der Waals surface area contributed by atoms with Crippen molar-refractivity contribution < 1.29 is 9.84 Å². The van der Waals surface area contributed by atoms with Gasteiger partial charge < -0.3 is 15.2 Å². The minimum Gasteiger partial charge on any atom is -0.490 e. The molecule has 0 saturated carbocycles. The highest BCUT2D eigenvalue weighted by Crippen LogP contribution is 2.32. The molecule has 0 unspecified atom stereocenters. The second kappa shape index (κ2) is 8.34. The topological polar surface area (TPSA) is 54.4 Å². The van der Waals surface area contributed by atoms with E-state index >= 15 is 0 Å². The molecule has 1 aromatic heterocycles. The van der Waals surface area contributed by atoms with Crippen molar-refractivity contribution in [2.75, 3.05) is 5.32 Å². The molecule has 2 rings (SSSR count). The van der Waals surface area contributed by atoms with Gasteiger partial charge in [-0.15, -0.1) is 0 Å². The van der Waals surface area contributed by atoms with E-state index in [4.69, 9.17) is 4.74 Å². The summed E-state index contributed by atoms with van der Waals surface area (Å²) in [4.78, 5) is 4.61. The second-order valence-electron chi connectivity index (χ2n) is 6.70. The fourth-order valence-corrected chi connectivity index (χ4v) is 3.16. The summed E-state index contributed by atoms with van der Waals surface area (Å²) in [6, 6.07) is 6.20. The van der Waals surface area contributed by atoms with Crippen LogP contribution in [0, 0.1) is 27.7 Å². The van der Waals surface area contributed by atoms with Gasteiger partial charge in [0.15, 0.2) is 0 Å². The van der Waals surface area contributed by atoms with Gasteiger partial charge in [-0.25, -0.2) is 4.98 Å². The van der Waals surface area contributed by atoms with E-state index in [1.54, 1.807) is 0 Å². The molecule has 0 fully saturated rings. The maximum atomic E-state index is 9.95. The number of ether oxygens (including phenoxy) is 1. The Bertz CT molecular complexity index is 714. The van der Waals surface area contributed by atoms with Gasteiger partial charge in [0.05, 0.1) is 18.3 Å². The predicted octanol–water partition coefficient (Wildman–Crippen LogP) is 5.12. The van der Waals surface area contributed by atoms with E-state index < -0.39 is 0 Å². The first kappa shape index (κ1) is 19.3. The zero-order valence-corrected chi connectivity index (χ0v) is 16.2. The molecule has 4 nitrogen and oxygen atoms in total. The Morgan fingerprint density at radius 2 is 1.64 bits per heavy atom. The summed E-state index contributed by atoms with van der Waals surface area (Å²) in [5.74, 6) is 1.38. The number of aryl methyl sites for hydroxylation is 4. The fourth-order valence-electron chi connectivity index (χ4n) is 3.16. The fraction of sp³-hybridized carbons (Fsp3) is 0.476. The Balaban J connectivity index is 2.46. The Morgan fingerprint density at radius 1 is 1.04 bits per heavy atom. The zero-order valence-electron chi connectivity index (χ0n) is 16.2. The van der Waals surface area contributed by atoms with Crippen molar-refractivity contribution in [2.24, 2.45) is 0 Å². The van der Waals surface area contributed by atoms with Crippen LogP contribution >= 0.6 is 0 Å². The molecule has 0 bridgehead atoms. The van der Waals surface area contributed by atoms with Crippen LogP contribution in [0.5, 0.6) is 5.75 Å². The van der Waals surface area contributed by atoms with E-state index in [1.165, 1.54) is 5.56 Å². The van der Waals surface area contributed by atoms with Crippen molar-refractivity contribution in [1.29, 1.82) is 0 Å². The highest BCUT2D eigenvalue weighted by Gasteiger charge is 2.16. The van der Waals surface area contributed by atoms with Crippen LogP contribution in [0.2, 0.25) is 0 Å². The molecule has 0 amide bonds. The molecule has 0 aliphatic rings. The molecule has 136 valence electrons. The van der Waals surface area contributed by atoms with Crippen LogP contribution in [0.15, 0.2) is 18.2 Å². The molecule has 2 N–H and O–H groups in total. The number of aromatic nitrogens is 1. The number of benzene rings is 1. The van der Waals surface area contributed by atoms with Crippen LogP contribution in [0.4, 0.5) is 11.5 Å². The van der Waals surface area contributed by atoms with Crippen molar-refractivity contribution in [3.05, 3.63) is 46.1 Å². The number of aliphatic hydroxyl groups excluding tert-OH is 1. The number of anilines is 2. The molecule has 4 heteroatoms. The molecular weight excluding hydrogens is 312 g/mol. The number of pyridine rings is 1. The van der Waals surface area contributed by atoms with Gasteiger partial charge in [0.1, 0.15) is 11.6 Å². The van der Waals surface area contributed by atoms with Crippen molar-refractivity contribution in [1.82, 2.24) is 4.98 Å². The van der Waals surface area contributed by atoms with Gasteiger partial charge in [0, 0.05) is 17.4 Å². The standard InChI is InChI=1S/C21H30N2O2/c1-7-17(8-2)25-19-11-16(6)22-21(18(19)12-24)23-20-14(4)9-13(3)10-15(20)5/h9-11,17,24H,7-8,12H2,1-6H3,(H,22,23). The monoisotopic (exact) mass is 342 g/mol. The van der Waals surface area contributed by atoms with Gasteiger partial charge in [-0.05, 0) is 51.7 Å². The molecule has 1 heterocycles. The van der Waals surface area contributed by atoms with Crippen molar-refractivity contribution in [3.8, 4) is 5.75 Å². The lowest BCUT2D eigenvalue weighted by Crippen LogP contribution is -2.16. The summed E-state index contributed by atoms with van der Waals surface area (Å²) in [5, 5.41) is 13.4. The van der Waals surface area contributed by atoms with Crippen LogP contribution in [0.3, 0.4) is 0 Å². The minimum absolute atomic E-state index is 0.116. The van der Waals surface area contributed by atoms with Crippen LogP contribution in [-0.2, 0) is 6.61 Å². The van der Waals surface area contributed by atoms with E-state index in [1.807, 2.05) is 13.0 Å². The first-order valence-corrected chi connectivity index (χ1v) is 9.02. The molecule has 0 spiro atoms. The Kier molecular flexibility index (Phi) is 6.43. The normalized spacial score (nSPS) is 11.0. The zero-order chi connectivity index (χ0) is 18.6. The molecule has 0 atom stereocenters. The molecule has 25 heavy (non-hydrogen) atoms. The Morgan fingerprint density at radius 3 is 2.16 bits per heavy atom. The van der Waals surface area contributed by atoms with Crippen molar-refractivity contribution in [3.63, 3.8) is 0 Å². The largest absolute Gasteiger partial charge is 0.490 e. The number of hydrogen-bond donors (Lipinski definition) is 2. The predicted molar refractivity (Wildman–Crippen MR) is 104 cm³/mol. The lowest BCUT2D eigenvalue weighted by molar-refractivity contribution is 0.184. The lowest BCUT2D eigenvalue weighted by atomic mass is 10.0. The van der Waals surface area contributed by atoms with Gasteiger partial charge in [-0.1, -0.05) is 31.5 Å². The average molecular weight is 342 g/mol. The third-order valence-electron chi connectivity index (χ3n) is 4.49. The molecule has 2 aromatic rings. The summed E-state index contributed by atoms with van der Waals surface area (Å²) < 4.78 is 6.13. The van der Waals surface area contributed by atoms with E-state index in [2.05, 4.69) is 57.1 Å². The summed E-state index contributed by atoms with van der Waals surface area (Å²) in [6.45, 7) is 12.3. The van der Waals surface area contributed by atoms with Gasteiger partial charge in [0.25, 0.3) is 0 Å². The molecule has 0 saturated heterocycles. The van der Waals surface area contributed by atoms with Crippen LogP contribution < -0.4 is 10.1 Å². The minimum atomic E-state index is -0.116. The molecular formula is C21H30N2O2. The molecule has 0 aliphatic heterocycles. The number of aliphatic hydroxyl groups is 1. The number of nitrogens with zero attached hydrogens (tertiary/aromatic N) is 1. The highest BCUT2D eigenvalue weighted by atomic mass is 16.5. The number of hydrogen-bond acceptors (Lipinski definition) is 4. The van der Waals surface area contributed by atoms with E-state index in [-0.39, 0.29) is 12.7 Å². The molecule has 1 aromatic carbocycles. The first-order chi connectivity index (χ1) is 11.9. The van der Waals surface area contributed by atoms with Gasteiger partial charge in [-0.2, -0.15) is 0 Å².